The largest absolute Gasteiger partial charge is 0.455 e. The Balaban J connectivity index is 2.16. The number of hydrogen-bond donors (Lipinski definition) is 2. The molecular formula is C22H20F6N4O3S. The summed E-state index contributed by atoms with van der Waals surface area (Å²) in [4.78, 5) is 16.5. The van der Waals surface area contributed by atoms with Crippen LogP contribution in [0.4, 0.5) is 26.3 Å². The second-order valence-electron chi connectivity index (χ2n) is 8.61. The summed E-state index contributed by atoms with van der Waals surface area (Å²) < 4.78 is 110. The summed E-state index contributed by atoms with van der Waals surface area (Å²) in [6, 6.07) is 3.92. The Bertz CT molecular complexity index is 1260. The summed E-state index contributed by atoms with van der Waals surface area (Å²) in [5, 5.41) is 11.6. The fourth-order valence-corrected chi connectivity index (χ4v) is 5.96. The molecule has 1 aliphatic rings. The molecule has 3 rings (SSSR count). The van der Waals surface area contributed by atoms with Crippen LogP contribution in [0.3, 0.4) is 0 Å². The number of hydrogen-bond acceptors (Lipinski definition) is 6. The Labute approximate surface area is 202 Å². The first-order valence-electron chi connectivity index (χ1n) is 10.4. The minimum absolute atomic E-state index is 0.147. The molecule has 194 valence electrons. The number of rotatable bonds is 10. The van der Waals surface area contributed by atoms with Crippen LogP contribution in [-0.4, -0.2) is 42.7 Å². The van der Waals surface area contributed by atoms with Crippen LogP contribution >= 0.6 is 0 Å². The molecule has 0 radical (unpaired) electrons. The van der Waals surface area contributed by atoms with E-state index in [0.29, 0.717) is 24.3 Å². The maximum absolute atomic E-state index is 14.8. The lowest BCUT2D eigenvalue weighted by Gasteiger charge is -2.41. The van der Waals surface area contributed by atoms with E-state index in [-0.39, 0.29) is 18.4 Å². The Morgan fingerprint density at radius 3 is 2.22 bits per heavy atom. The van der Waals surface area contributed by atoms with Crippen LogP contribution in [-0.2, 0) is 20.4 Å². The average molecular weight is 534 g/mol. The molecule has 1 heterocycles. The molecule has 1 aromatic carbocycles. The van der Waals surface area contributed by atoms with Gasteiger partial charge in [-0.3, -0.25) is 15.1 Å². The summed E-state index contributed by atoms with van der Waals surface area (Å²) in [7, 11) is -4.45. The molecular weight excluding hydrogens is 514 g/mol. The molecule has 1 aromatic heterocycles. The third-order valence-electron chi connectivity index (χ3n) is 6.08. The van der Waals surface area contributed by atoms with Crippen molar-refractivity contribution in [2.24, 2.45) is 11.1 Å². The van der Waals surface area contributed by atoms with Gasteiger partial charge in [0.25, 0.3) is 0 Å². The molecule has 2 aromatic rings. The van der Waals surface area contributed by atoms with Crippen LogP contribution in [0, 0.1) is 22.6 Å². The van der Waals surface area contributed by atoms with Gasteiger partial charge in [0, 0.05) is 12.4 Å². The third-order valence-corrected chi connectivity index (χ3v) is 7.73. The molecule has 0 saturated heterocycles. The van der Waals surface area contributed by atoms with E-state index < -0.39 is 67.7 Å². The molecule has 1 aliphatic carbocycles. The monoisotopic (exact) mass is 534 g/mol. The van der Waals surface area contributed by atoms with E-state index in [1.807, 2.05) is 5.32 Å². The third kappa shape index (κ3) is 5.17. The molecule has 1 fully saturated rings. The van der Waals surface area contributed by atoms with Gasteiger partial charge in [-0.15, -0.1) is 0 Å². The molecule has 1 amide bonds. The van der Waals surface area contributed by atoms with Gasteiger partial charge in [-0.2, -0.15) is 27.2 Å². The van der Waals surface area contributed by atoms with Crippen molar-refractivity contribution in [1.29, 1.82) is 5.26 Å². The molecule has 0 bridgehead atoms. The number of carbonyl (C=O) groups excluding carboxylic acids is 1. The van der Waals surface area contributed by atoms with Gasteiger partial charge in [0.05, 0.1) is 23.0 Å². The Kier molecular flexibility index (Phi) is 7.13. The van der Waals surface area contributed by atoms with Crippen molar-refractivity contribution < 1.29 is 39.6 Å². The highest BCUT2D eigenvalue weighted by Crippen LogP contribution is 2.56. The first-order chi connectivity index (χ1) is 16.6. The van der Waals surface area contributed by atoms with Crippen LogP contribution in [0.5, 0.6) is 0 Å². The molecule has 0 spiro atoms. The zero-order valence-electron chi connectivity index (χ0n) is 18.4. The summed E-state index contributed by atoms with van der Waals surface area (Å²) >= 11 is 0. The van der Waals surface area contributed by atoms with Crippen LogP contribution in [0.2, 0.25) is 0 Å². The number of nitrogens with two attached hydrogens (primary N) is 1. The Hall–Kier alpha value is -3.18. The second-order valence-corrected chi connectivity index (χ2v) is 10.7. The van der Waals surface area contributed by atoms with Crippen molar-refractivity contribution >= 4 is 15.7 Å². The topological polar surface area (TPSA) is 126 Å². The van der Waals surface area contributed by atoms with Crippen LogP contribution in [0.1, 0.15) is 30.0 Å². The highest BCUT2D eigenvalue weighted by Gasteiger charge is 2.70. The van der Waals surface area contributed by atoms with Gasteiger partial charge in [0.1, 0.15) is 17.4 Å². The van der Waals surface area contributed by atoms with Gasteiger partial charge in [-0.05, 0) is 42.2 Å². The van der Waals surface area contributed by atoms with Crippen molar-refractivity contribution in [1.82, 2.24) is 10.3 Å². The highest BCUT2D eigenvalue weighted by atomic mass is 32.2. The second kappa shape index (κ2) is 9.36. The van der Waals surface area contributed by atoms with Crippen LogP contribution in [0.25, 0.3) is 0 Å². The lowest BCUT2D eigenvalue weighted by molar-refractivity contribution is -0.296. The van der Waals surface area contributed by atoms with E-state index >= 15 is 0 Å². The zero-order valence-corrected chi connectivity index (χ0v) is 19.2. The predicted molar refractivity (Wildman–Crippen MR) is 114 cm³/mol. The number of sulfone groups is 1. The summed E-state index contributed by atoms with van der Waals surface area (Å²) in [5.41, 5.74) is -0.00326. The lowest BCUT2D eigenvalue weighted by Crippen LogP contribution is -2.68. The highest BCUT2D eigenvalue weighted by molar-refractivity contribution is 7.90. The summed E-state index contributed by atoms with van der Waals surface area (Å²) in [6.07, 6.45) is -3.99. The van der Waals surface area contributed by atoms with Gasteiger partial charge in [-0.25, -0.2) is 12.8 Å². The Morgan fingerprint density at radius 1 is 1.17 bits per heavy atom. The maximum atomic E-state index is 14.8. The van der Waals surface area contributed by atoms with Gasteiger partial charge >= 0.3 is 12.1 Å². The first kappa shape index (κ1) is 27.4. The number of benzene rings is 1. The van der Waals surface area contributed by atoms with Gasteiger partial charge in [-0.1, -0.05) is 18.2 Å². The maximum Gasteiger partial charge on any atom is 0.455 e. The van der Waals surface area contributed by atoms with Gasteiger partial charge in [0.2, 0.25) is 5.91 Å². The van der Waals surface area contributed by atoms with E-state index in [0.717, 1.165) is 0 Å². The van der Waals surface area contributed by atoms with E-state index in [2.05, 4.69) is 4.98 Å². The van der Waals surface area contributed by atoms with E-state index in [1.165, 1.54) is 24.5 Å². The van der Waals surface area contributed by atoms with Crippen molar-refractivity contribution in [3.63, 3.8) is 0 Å². The number of nitrogens with one attached hydrogen (secondary N) is 1. The molecule has 14 heteroatoms. The summed E-state index contributed by atoms with van der Waals surface area (Å²) in [6.45, 7) is 0. The predicted octanol–water partition coefficient (Wildman–Crippen LogP) is 3.19. The van der Waals surface area contributed by atoms with E-state index in [9.17, 15) is 44.8 Å². The van der Waals surface area contributed by atoms with Gasteiger partial charge in [0.15, 0.2) is 9.84 Å². The molecule has 0 unspecified atom stereocenters. The van der Waals surface area contributed by atoms with Crippen LogP contribution in [0.15, 0.2) is 48.8 Å². The molecule has 7 nitrogen and oxygen atoms in total. The van der Waals surface area contributed by atoms with Crippen molar-refractivity contribution in [2.45, 2.75) is 42.3 Å². The molecule has 36 heavy (non-hydrogen) atoms. The number of amides is 1. The number of nitriles is 1. The average Bonchev–Trinajstić information content (AvgIpc) is 3.58. The lowest BCUT2D eigenvalue weighted by atomic mass is 9.80. The standard InChI is InChI=1S/C22H20F6N4O3S/c23-16-5-3-15(4-6-16)17(21(24,25)22(26,27)28)32-20(18(30)33,19(12-29)7-8-19)13-36(34,35)11-14-2-1-9-31-10-14/h1-6,9-10,17,32H,7-8,11,13H2,(H2,30,33)/t17-,20+/m1/s1. The van der Waals surface area contributed by atoms with E-state index in [1.54, 1.807) is 6.07 Å². The molecule has 0 aliphatic heterocycles. The fraction of sp³-hybridized carbons (Fsp3) is 0.409. The van der Waals surface area contributed by atoms with E-state index in [4.69, 9.17) is 5.73 Å². The number of alkyl halides is 5. The number of aromatic nitrogens is 1. The Morgan fingerprint density at radius 2 is 1.78 bits per heavy atom. The van der Waals surface area contributed by atoms with Gasteiger partial charge < -0.3 is 5.73 Å². The zero-order chi connectivity index (χ0) is 27.0. The molecule has 1 saturated carbocycles. The quantitative estimate of drug-likeness (QED) is 0.451. The first-order valence-corrected chi connectivity index (χ1v) is 12.2. The fourth-order valence-electron chi connectivity index (χ4n) is 4.02. The minimum atomic E-state index is -6.17. The smallest absolute Gasteiger partial charge is 0.368 e. The van der Waals surface area contributed by atoms with Crippen LogP contribution < -0.4 is 11.1 Å². The normalized spacial score (nSPS) is 18.0. The molecule has 2 atom stereocenters. The number of pyridine rings is 1. The minimum Gasteiger partial charge on any atom is -0.368 e. The number of halogens is 6. The summed E-state index contributed by atoms with van der Waals surface area (Å²) in [5.74, 6) is -10.2. The van der Waals surface area contributed by atoms with Crippen molar-refractivity contribution in [3.05, 3.63) is 65.7 Å². The number of nitrogens with zero attached hydrogens (tertiary/aromatic N) is 2. The van der Waals surface area contributed by atoms with Crippen molar-refractivity contribution in [2.75, 3.05) is 5.75 Å². The SMILES string of the molecule is N#CC1([C@@](CS(=O)(=O)Cc2cccnc2)(N[C@H](c2ccc(F)cc2)C(F)(F)C(F)(F)F)C(N)=O)CC1. The number of primary amides is 1. The van der Waals surface area contributed by atoms with Crippen molar-refractivity contribution in [3.8, 4) is 6.07 Å². The number of carbonyl (C=O) groups is 1. The molecule has 3 N–H and O–H groups in total.